The molecular formula is C25H31N3O7. The maximum atomic E-state index is 13.0. The van der Waals surface area contributed by atoms with Crippen LogP contribution in [0.2, 0.25) is 0 Å². The van der Waals surface area contributed by atoms with Crippen molar-refractivity contribution in [2.45, 2.75) is 13.0 Å². The third-order valence-electron chi connectivity index (χ3n) is 5.94. The summed E-state index contributed by atoms with van der Waals surface area (Å²) in [5, 5.41) is 12.4. The van der Waals surface area contributed by atoms with Crippen molar-refractivity contribution in [3.63, 3.8) is 0 Å². The second kappa shape index (κ2) is 11.6. The van der Waals surface area contributed by atoms with Crippen LogP contribution in [0.3, 0.4) is 0 Å². The SMILES string of the molecule is COc1cc(C(=O)NC(CO)C(=O)N2CCN(c3ccc(C(C)=O)cc3)CC2)cc(OC)c1OC. The number of Topliss-reactive ketones (excluding diaryl/α,β-unsaturated/α-hetero) is 1. The fraction of sp³-hybridized carbons (Fsp3) is 0.400. The van der Waals surface area contributed by atoms with E-state index in [1.165, 1.54) is 40.4 Å². The highest BCUT2D eigenvalue weighted by Gasteiger charge is 2.29. The fourth-order valence-electron chi connectivity index (χ4n) is 3.95. The number of carbonyl (C=O) groups is 3. The molecule has 1 heterocycles. The van der Waals surface area contributed by atoms with Crippen molar-refractivity contribution < 1.29 is 33.7 Å². The van der Waals surface area contributed by atoms with E-state index in [-0.39, 0.29) is 17.3 Å². The number of amides is 2. The van der Waals surface area contributed by atoms with Crippen LogP contribution < -0.4 is 24.4 Å². The number of nitrogens with zero attached hydrogens (tertiary/aromatic N) is 2. The lowest BCUT2D eigenvalue weighted by Crippen LogP contribution is -2.56. The van der Waals surface area contributed by atoms with Gasteiger partial charge in [0.25, 0.3) is 5.91 Å². The average molecular weight is 486 g/mol. The predicted molar refractivity (Wildman–Crippen MR) is 130 cm³/mol. The van der Waals surface area contributed by atoms with Crippen LogP contribution in [0, 0.1) is 0 Å². The zero-order valence-corrected chi connectivity index (χ0v) is 20.4. The van der Waals surface area contributed by atoms with Crippen LogP contribution in [-0.2, 0) is 4.79 Å². The Morgan fingerprint density at radius 2 is 1.49 bits per heavy atom. The Kier molecular flexibility index (Phi) is 8.53. The number of ether oxygens (including phenoxy) is 3. The molecule has 3 rings (SSSR count). The molecule has 10 heteroatoms. The van der Waals surface area contributed by atoms with Crippen molar-refractivity contribution in [3.05, 3.63) is 47.5 Å². The van der Waals surface area contributed by atoms with Crippen LogP contribution in [0.25, 0.3) is 0 Å². The van der Waals surface area contributed by atoms with Crippen molar-refractivity contribution in [3.8, 4) is 17.2 Å². The minimum Gasteiger partial charge on any atom is -0.493 e. The second-order valence-electron chi connectivity index (χ2n) is 8.04. The molecular weight excluding hydrogens is 454 g/mol. The molecule has 0 spiro atoms. The van der Waals surface area contributed by atoms with Gasteiger partial charge in [0.1, 0.15) is 6.04 Å². The first-order chi connectivity index (χ1) is 16.8. The molecule has 0 aliphatic carbocycles. The van der Waals surface area contributed by atoms with Crippen LogP contribution in [0.1, 0.15) is 27.6 Å². The molecule has 188 valence electrons. The summed E-state index contributed by atoms with van der Waals surface area (Å²) in [5.74, 6) is 0.0408. The minimum atomic E-state index is -1.09. The van der Waals surface area contributed by atoms with E-state index in [1.807, 2.05) is 12.1 Å². The molecule has 1 unspecified atom stereocenters. The monoisotopic (exact) mass is 485 g/mol. The number of carbonyl (C=O) groups excluding carboxylic acids is 3. The van der Waals surface area contributed by atoms with Gasteiger partial charge in [-0.2, -0.15) is 0 Å². The Morgan fingerprint density at radius 1 is 0.914 bits per heavy atom. The molecule has 1 fully saturated rings. The summed E-state index contributed by atoms with van der Waals surface area (Å²) in [6.07, 6.45) is 0. The van der Waals surface area contributed by atoms with Crippen LogP contribution in [-0.4, -0.2) is 87.8 Å². The number of aliphatic hydroxyl groups excluding tert-OH is 1. The Balaban J connectivity index is 1.64. The zero-order valence-electron chi connectivity index (χ0n) is 20.4. The number of aliphatic hydroxyl groups is 1. The first-order valence-electron chi connectivity index (χ1n) is 11.2. The minimum absolute atomic E-state index is 0.00980. The van der Waals surface area contributed by atoms with E-state index < -0.39 is 18.6 Å². The number of benzene rings is 2. The molecule has 2 aromatic carbocycles. The molecule has 2 aromatic rings. The number of anilines is 1. The van der Waals surface area contributed by atoms with Gasteiger partial charge in [0.05, 0.1) is 27.9 Å². The van der Waals surface area contributed by atoms with Gasteiger partial charge in [0.15, 0.2) is 17.3 Å². The standard InChI is InChI=1S/C25H31N3O7/c1-16(30)17-5-7-19(8-6-17)27-9-11-28(12-10-27)25(32)20(15-29)26-24(31)18-13-21(33-2)23(35-4)22(14-18)34-3/h5-8,13-14,20,29H,9-12,15H2,1-4H3,(H,26,31). The molecule has 0 radical (unpaired) electrons. The lowest BCUT2D eigenvalue weighted by Gasteiger charge is -2.37. The van der Waals surface area contributed by atoms with Crippen molar-refractivity contribution in [1.82, 2.24) is 10.2 Å². The Bertz CT molecular complexity index is 1040. The van der Waals surface area contributed by atoms with E-state index in [4.69, 9.17) is 14.2 Å². The molecule has 0 bridgehead atoms. The van der Waals surface area contributed by atoms with E-state index in [9.17, 15) is 19.5 Å². The number of methoxy groups -OCH3 is 3. The maximum absolute atomic E-state index is 13.0. The van der Waals surface area contributed by atoms with Gasteiger partial charge in [0.2, 0.25) is 11.7 Å². The molecule has 1 atom stereocenters. The summed E-state index contributed by atoms with van der Waals surface area (Å²) in [6.45, 7) is 3.03. The van der Waals surface area contributed by atoms with Gasteiger partial charge in [-0.1, -0.05) is 0 Å². The highest BCUT2D eigenvalue weighted by atomic mass is 16.5. The van der Waals surface area contributed by atoms with Gasteiger partial charge in [-0.3, -0.25) is 14.4 Å². The van der Waals surface area contributed by atoms with Crippen molar-refractivity contribution in [2.75, 3.05) is 59.0 Å². The Hall–Kier alpha value is -3.79. The topological polar surface area (TPSA) is 118 Å². The van der Waals surface area contributed by atoms with Gasteiger partial charge < -0.3 is 34.4 Å². The Morgan fingerprint density at radius 3 is 1.94 bits per heavy atom. The van der Waals surface area contributed by atoms with E-state index in [2.05, 4.69) is 10.2 Å². The van der Waals surface area contributed by atoms with Gasteiger partial charge >= 0.3 is 0 Å². The molecule has 1 aliphatic heterocycles. The first-order valence-corrected chi connectivity index (χ1v) is 11.2. The number of piperazine rings is 1. The smallest absolute Gasteiger partial charge is 0.252 e. The molecule has 35 heavy (non-hydrogen) atoms. The van der Waals surface area contributed by atoms with Gasteiger partial charge in [-0.05, 0) is 43.3 Å². The molecule has 0 aromatic heterocycles. The average Bonchev–Trinajstić information content (AvgIpc) is 2.90. The lowest BCUT2D eigenvalue weighted by molar-refractivity contribution is -0.134. The second-order valence-corrected chi connectivity index (χ2v) is 8.04. The maximum Gasteiger partial charge on any atom is 0.252 e. The van der Waals surface area contributed by atoms with Crippen LogP contribution in [0.4, 0.5) is 5.69 Å². The largest absolute Gasteiger partial charge is 0.493 e. The molecule has 2 N–H and O–H groups in total. The van der Waals surface area contributed by atoms with Gasteiger partial charge in [-0.25, -0.2) is 0 Å². The van der Waals surface area contributed by atoms with E-state index in [1.54, 1.807) is 17.0 Å². The highest BCUT2D eigenvalue weighted by molar-refractivity contribution is 5.98. The highest BCUT2D eigenvalue weighted by Crippen LogP contribution is 2.38. The zero-order chi connectivity index (χ0) is 25.5. The Labute approximate surface area is 204 Å². The van der Waals surface area contributed by atoms with E-state index in [0.29, 0.717) is 49.0 Å². The third kappa shape index (κ3) is 5.83. The molecule has 0 saturated carbocycles. The normalized spacial score (nSPS) is 14.2. The van der Waals surface area contributed by atoms with Gasteiger partial charge in [0, 0.05) is 43.0 Å². The summed E-state index contributed by atoms with van der Waals surface area (Å²) in [7, 11) is 4.34. The quantitative estimate of drug-likeness (QED) is 0.511. The molecule has 1 saturated heterocycles. The van der Waals surface area contributed by atoms with E-state index >= 15 is 0 Å². The van der Waals surface area contributed by atoms with Gasteiger partial charge in [-0.15, -0.1) is 0 Å². The number of ketones is 1. The lowest BCUT2D eigenvalue weighted by atomic mass is 10.1. The number of hydrogen-bond donors (Lipinski definition) is 2. The summed E-state index contributed by atoms with van der Waals surface area (Å²) in [6, 6.07) is 9.22. The van der Waals surface area contributed by atoms with Crippen LogP contribution in [0.15, 0.2) is 36.4 Å². The van der Waals surface area contributed by atoms with Crippen LogP contribution in [0.5, 0.6) is 17.2 Å². The molecule has 10 nitrogen and oxygen atoms in total. The summed E-state index contributed by atoms with van der Waals surface area (Å²) in [4.78, 5) is 41.1. The van der Waals surface area contributed by atoms with Crippen LogP contribution >= 0.6 is 0 Å². The fourth-order valence-corrected chi connectivity index (χ4v) is 3.95. The summed E-state index contributed by atoms with van der Waals surface area (Å²) >= 11 is 0. The predicted octanol–water partition coefficient (Wildman–Crippen LogP) is 1.35. The summed E-state index contributed by atoms with van der Waals surface area (Å²) < 4.78 is 15.8. The first kappa shape index (κ1) is 25.8. The number of hydrogen-bond acceptors (Lipinski definition) is 8. The molecule has 2 amide bonds. The number of nitrogens with one attached hydrogen (secondary N) is 1. The van der Waals surface area contributed by atoms with Crippen molar-refractivity contribution in [1.29, 1.82) is 0 Å². The summed E-state index contributed by atoms with van der Waals surface area (Å²) in [5.41, 5.74) is 1.82. The van der Waals surface area contributed by atoms with Crippen molar-refractivity contribution >= 4 is 23.3 Å². The number of rotatable bonds is 9. The van der Waals surface area contributed by atoms with E-state index in [0.717, 1.165) is 5.69 Å². The third-order valence-corrected chi connectivity index (χ3v) is 5.94. The van der Waals surface area contributed by atoms with Crippen molar-refractivity contribution in [2.24, 2.45) is 0 Å². The molecule has 1 aliphatic rings.